The molecule has 1 aromatic heterocycles. The van der Waals surface area contributed by atoms with Crippen LogP contribution in [0.25, 0.3) is 0 Å². The Hall–Kier alpha value is -0.910. The van der Waals surface area contributed by atoms with Gasteiger partial charge in [-0.25, -0.2) is 0 Å². The molecule has 0 aromatic carbocycles. The van der Waals surface area contributed by atoms with Crippen LogP contribution >= 0.6 is 11.3 Å². The van der Waals surface area contributed by atoms with E-state index in [1.54, 1.807) is 11.3 Å². The first-order valence-electron chi connectivity index (χ1n) is 6.70. The minimum atomic E-state index is -0.761. The average Bonchev–Trinajstić information content (AvgIpc) is 2.81. The molecule has 2 heterocycles. The highest BCUT2D eigenvalue weighted by Gasteiger charge is 2.33. The second kappa shape index (κ2) is 6.50. The largest absolute Gasteiger partial charge is 0.480 e. The van der Waals surface area contributed by atoms with Crippen molar-refractivity contribution in [3.63, 3.8) is 0 Å². The Morgan fingerprint density at radius 1 is 1.63 bits per heavy atom. The van der Waals surface area contributed by atoms with E-state index in [1.807, 2.05) is 16.3 Å². The van der Waals surface area contributed by atoms with Gasteiger partial charge in [-0.15, -0.1) is 11.3 Å². The van der Waals surface area contributed by atoms with Crippen LogP contribution in [0.1, 0.15) is 30.3 Å². The number of carboxylic acid groups (broad SMARTS) is 1. The molecule has 0 saturated heterocycles. The van der Waals surface area contributed by atoms with Gasteiger partial charge in [-0.3, -0.25) is 9.69 Å². The van der Waals surface area contributed by atoms with E-state index in [9.17, 15) is 9.90 Å². The number of aliphatic carboxylic acids is 1. The Bertz CT molecular complexity index is 430. The molecular weight excluding hydrogens is 262 g/mol. The van der Waals surface area contributed by atoms with Gasteiger partial charge in [-0.1, -0.05) is 13.8 Å². The molecule has 1 aromatic rings. The Balaban J connectivity index is 1.95. The summed E-state index contributed by atoms with van der Waals surface area (Å²) in [5, 5.41) is 11.4. The van der Waals surface area contributed by atoms with Crippen LogP contribution in [0.3, 0.4) is 0 Å². The second-order valence-corrected chi connectivity index (χ2v) is 6.30. The molecule has 5 heteroatoms. The van der Waals surface area contributed by atoms with Gasteiger partial charge in [0.15, 0.2) is 0 Å². The van der Waals surface area contributed by atoms with Crippen LogP contribution in [-0.2, 0) is 16.0 Å². The van der Waals surface area contributed by atoms with Crippen molar-refractivity contribution in [2.45, 2.75) is 26.3 Å². The molecule has 2 rings (SSSR count). The van der Waals surface area contributed by atoms with Crippen LogP contribution in [-0.4, -0.2) is 42.3 Å². The summed E-state index contributed by atoms with van der Waals surface area (Å²) >= 11 is 1.66. The van der Waals surface area contributed by atoms with E-state index < -0.39 is 12.0 Å². The highest BCUT2D eigenvalue weighted by atomic mass is 32.1. The number of carbonyl (C=O) groups is 1. The van der Waals surface area contributed by atoms with Crippen LogP contribution in [0.5, 0.6) is 0 Å². The van der Waals surface area contributed by atoms with E-state index in [0.717, 1.165) is 25.1 Å². The number of rotatable bonds is 6. The van der Waals surface area contributed by atoms with Gasteiger partial charge < -0.3 is 9.84 Å². The fourth-order valence-corrected chi connectivity index (χ4v) is 3.30. The van der Waals surface area contributed by atoms with Crippen LogP contribution < -0.4 is 0 Å². The summed E-state index contributed by atoms with van der Waals surface area (Å²) in [6.45, 7) is 7.03. The number of thiophene rings is 1. The van der Waals surface area contributed by atoms with Crippen molar-refractivity contribution in [3.8, 4) is 0 Å². The van der Waals surface area contributed by atoms with Crippen molar-refractivity contribution in [1.29, 1.82) is 0 Å². The number of hydrogen-bond acceptors (Lipinski definition) is 4. The SMILES string of the molecule is CC(C)COCCN1CCc2sccc2C1C(=O)O. The third-order valence-corrected chi connectivity index (χ3v) is 4.27. The number of carboxylic acids is 1. The van der Waals surface area contributed by atoms with Crippen molar-refractivity contribution in [2.75, 3.05) is 26.3 Å². The average molecular weight is 283 g/mol. The van der Waals surface area contributed by atoms with Crippen molar-refractivity contribution in [3.05, 3.63) is 21.9 Å². The summed E-state index contributed by atoms with van der Waals surface area (Å²) in [5.74, 6) is -0.247. The van der Waals surface area contributed by atoms with E-state index in [1.165, 1.54) is 4.88 Å². The van der Waals surface area contributed by atoms with E-state index in [0.29, 0.717) is 19.1 Å². The molecule has 0 aliphatic carbocycles. The van der Waals surface area contributed by atoms with E-state index in [4.69, 9.17) is 4.74 Å². The molecule has 0 fully saturated rings. The Morgan fingerprint density at radius 3 is 3.11 bits per heavy atom. The normalized spacial score (nSPS) is 19.6. The molecule has 0 amide bonds. The number of ether oxygens (including phenoxy) is 1. The number of hydrogen-bond donors (Lipinski definition) is 1. The van der Waals surface area contributed by atoms with Gasteiger partial charge in [0.25, 0.3) is 0 Å². The number of nitrogens with zero attached hydrogens (tertiary/aromatic N) is 1. The van der Waals surface area contributed by atoms with Crippen molar-refractivity contribution in [2.24, 2.45) is 5.92 Å². The van der Waals surface area contributed by atoms with Crippen LogP contribution in [0.2, 0.25) is 0 Å². The Kier molecular flexibility index (Phi) is 4.96. The lowest BCUT2D eigenvalue weighted by Gasteiger charge is -2.32. The Morgan fingerprint density at radius 2 is 2.42 bits per heavy atom. The summed E-state index contributed by atoms with van der Waals surface area (Å²) in [7, 11) is 0. The standard InChI is InChI=1S/C14H21NO3S/c1-10(2)9-18-7-6-15-5-3-12-11(4-8-19-12)13(15)14(16)17/h4,8,10,13H,3,5-7,9H2,1-2H3,(H,16,17). The smallest absolute Gasteiger partial charge is 0.325 e. The lowest BCUT2D eigenvalue weighted by atomic mass is 10.0. The second-order valence-electron chi connectivity index (χ2n) is 5.29. The Labute approximate surface area is 118 Å². The van der Waals surface area contributed by atoms with E-state index in [2.05, 4.69) is 13.8 Å². The lowest BCUT2D eigenvalue weighted by Crippen LogP contribution is -2.41. The predicted molar refractivity (Wildman–Crippen MR) is 75.6 cm³/mol. The molecule has 4 nitrogen and oxygen atoms in total. The highest BCUT2D eigenvalue weighted by Crippen LogP contribution is 2.33. The van der Waals surface area contributed by atoms with Crippen molar-refractivity contribution >= 4 is 17.3 Å². The first-order valence-corrected chi connectivity index (χ1v) is 7.58. The number of fused-ring (bicyclic) bond motifs is 1. The first-order chi connectivity index (χ1) is 9.09. The predicted octanol–water partition coefficient (Wildman–Crippen LogP) is 2.40. The van der Waals surface area contributed by atoms with Crippen LogP contribution in [0.4, 0.5) is 0 Å². The van der Waals surface area contributed by atoms with Gasteiger partial charge in [0.1, 0.15) is 6.04 Å². The zero-order chi connectivity index (χ0) is 13.8. The molecule has 1 N–H and O–H groups in total. The molecular formula is C14H21NO3S. The molecule has 1 unspecified atom stereocenters. The molecule has 0 bridgehead atoms. The van der Waals surface area contributed by atoms with Crippen molar-refractivity contribution in [1.82, 2.24) is 4.90 Å². The van der Waals surface area contributed by atoms with Crippen LogP contribution in [0.15, 0.2) is 11.4 Å². The van der Waals surface area contributed by atoms with E-state index in [-0.39, 0.29) is 0 Å². The third-order valence-electron chi connectivity index (χ3n) is 3.27. The molecule has 1 aliphatic rings. The summed E-state index contributed by atoms with van der Waals surface area (Å²) in [5.41, 5.74) is 0.965. The maximum atomic E-state index is 11.5. The summed E-state index contributed by atoms with van der Waals surface area (Å²) < 4.78 is 5.56. The molecule has 0 radical (unpaired) electrons. The molecule has 0 spiro atoms. The minimum absolute atomic E-state index is 0.502. The van der Waals surface area contributed by atoms with Gasteiger partial charge in [-0.2, -0.15) is 0 Å². The van der Waals surface area contributed by atoms with Gasteiger partial charge in [0, 0.05) is 24.6 Å². The summed E-state index contributed by atoms with van der Waals surface area (Å²) in [6.07, 6.45) is 0.945. The fraction of sp³-hybridized carbons (Fsp3) is 0.643. The van der Waals surface area contributed by atoms with Gasteiger partial charge in [0.2, 0.25) is 0 Å². The minimum Gasteiger partial charge on any atom is -0.480 e. The van der Waals surface area contributed by atoms with Gasteiger partial charge in [0.05, 0.1) is 6.61 Å². The molecule has 1 atom stereocenters. The van der Waals surface area contributed by atoms with Gasteiger partial charge >= 0.3 is 5.97 Å². The van der Waals surface area contributed by atoms with Crippen LogP contribution in [0, 0.1) is 5.92 Å². The first kappa shape index (κ1) is 14.5. The zero-order valence-corrected chi connectivity index (χ0v) is 12.3. The monoisotopic (exact) mass is 283 g/mol. The fourth-order valence-electron chi connectivity index (χ4n) is 2.40. The summed E-state index contributed by atoms with van der Waals surface area (Å²) in [6, 6.07) is 1.44. The zero-order valence-electron chi connectivity index (χ0n) is 11.5. The third kappa shape index (κ3) is 3.55. The highest BCUT2D eigenvalue weighted by molar-refractivity contribution is 7.10. The molecule has 19 heavy (non-hydrogen) atoms. The quantitative estimate of drug-likeness (QED) is 0.815. The van der Waals surface area contributed by atoms with Crippen molar-refractivity contribution < 1.29 is 14.6 Å². The summed E-state index contributed by atoms with van der Waals surface area (Å²) in [4.78, 5) is 14.7. The molecule has 1 aliphatic heterocycles. The lowest BCUT2D eigenvalue weighted by molar-refractivity contribution is -0.144. The maximum absolute atomic E-state index is 11.5. The molecule has 0 saturated carbocycles. The topological polar surface area (TPSA) is 49.8 Å². The van der Waals surface area contributed by atoms with Gasteiger partial charge in [-0.05, 0) is 29.3 Å². The van der Waals surface area contributed by atoms with E-state index >= 15 is 0 Å². The molecule has 106 valence electrons. The maximum Gasteiger partial charge on any atom is 0.325 e.